The molecule has 0 saturated carbocycles. The number of anilines is 1. The quantitative estimate of drug-likeness (QED) is 0.861. The summed E-state index contributed by atoms with van der Waals surface area (Å²) in [5, 5.41) is 7.11. The van der Waals surface area contributed by atoms with E-state index in [4.69, 9.17) is 11.6 Å². The zero-order valence-corrected chi connectivity index (χ0v) is 10.2. The molecule has 1 rings (SSSR count). The minimum absolute atomic E-state index is 0.000231. The zero-order valence-electron chi connectivity index (χ0n) is 9.41. The second-order valence-corrected chi connectivity index (χ2v) is 4.34. The van der Waals surface area contributed by atoms with Crippen molar-refractivity contribution in [2.75, 3.05) is 5.32 Å². The minimum atomic E-state index is -0.256. The van der Waals surface area contributed by atoms with E-state index in [1.807, 2.05) is 0 Å². The van der Waals surface area contributed by atoms with E-state index in [2.05, 4.69) is 31.2 Å². The van der Waals surface area contributed by atoms with Crippen LogP contribution in [0.1, 0.15) is 20.8 Å². The largest absolute Gasteiger partial charge is 0.368 e. The molecule has 84 valence electrons. The van der Waals surface area contributed by atoms with Gasteiger partial charge in [0.05, 0.1) is 0 Å². The van der Waals surface area contributed by atoms with Crippen molar-refractivity contribution >= 4 is 17.4 Å². The van der Waals surface area contributed by atoms with Gasteiger partial charge in [-0.2, -0.15) is 5.10 Å². The number of hydrogen-bond donors (Lipinski definition) is 1. The van der Waals surface area contributed by atoms with Crippen molar-refractivity contribution in [1.29, 1.82) is 0 Å². The summed E-state index contributed by atoms with van der Waals surface area (Å²) in [6.45, 7) is 6.28. The molecule has 0 amide bonds. The van der Waals surface area contributed by atoms with Gasteiger partial charge in [0, 0.05) is 19.2 Å². The Hall–Kier alpha value is -1.03. The van der Waals surface area contributed by atoms with E-state index in [0.29, 0.717) is 11.7 Å². The van der Waals surface area contributed by atoms with Gasteiger partial charge in [-0.3, -0.25) is 9.48 Å². The Morgan fingerprint density at radius 3 is 2.60 bits per heavy atom. The number of halogens is 1. The first-order valence-corrected chi connectivity index (χ1v) is 5.30. The van der Waals surface area contributed by atoms with Crippen LogP contribution in [-0.4, -0.2) is 15.8 Å². The highest BCUT2D eigenvalue weighted by atomic mass is 35.5. The van der Waals surface area contributed by atoms with Gasteiger partial charge in [0.15, 0.2) is 5.15 Å². The number of hydrogen-bond acceptors (Lipinski definition) is 3. The lowest BCUT2D eigenvalue weighted by molar-refractivity contribution is 0.551. The molecule has 0 radical (unpaired) electrons. The normalized spacial score (nSPS) is 12.9. The lowest BCUT2D eigenvalue weighted by Gasteiger charge is -2.20. The highest BCUT2D eigenvalue weighted by Crippen LogP contribution is 2.10. The lowest BCUT2D eigenvalue weighted by atomic mass is 10.1. The van der Waals surface area contributed by atoms with Gasteiger partial charge in [-0.15, -0.1) is 0 Å². The van der Waals surface area contributed by atoms with Crippen LogP contribution in [0.2, 0.25) is 5.15 Å². The molecule has 0 aromatic carbocycles. The van der Waals surface area contributed by atoms with E-state index in [0.717, 1.165) is 0 Å². The van der Waals surface area contributed by atoms with Crippen molar-refractivity contribution in [1.82, 2.24) is 9.78 Å². The van der Waals surface area contributed by atoms with Crippen molar-refractivity contribution in [2.45, 2.75) is 26.8 Å². The van der Waals surface area contributed by atoms with Crippen LogP contribution in [0.3, 0.4) is 0 Å². The maximum absolute atomic E-state index is 11.3. The summed E-state index contributed by atoms with van der Waals surface area (Å²) in [5.41, 5.74) is -0.256. The topological polar surface area (TPSA) is 46.9 Å². The van der Waals surface area contributed by atoms with E-state index in [1.54, 1.807) is 11.7 Å². The Labute approximate surface area is 94.3 Å². The second kappa shape index (κ2) is 4.66. The Morgan fingerprint density at radius 2 is 2.07 bits per heavy atom. The van der Waals surface area contributed by atoms with Gasteiger partial charge in [0.1, 0.15) is 5.82 Å². The van der Waals surface area contributed by atoms with Crippen LogP contribution in [-0.2, 0) is 7.05 Å². The van der Waals surface area contributed by atoms with Crippen LogP contribution in [0.4, 0.5) is 5.82 Å². The third kappa shape index (κ3) is 2.96. The molecule has 1 atom stereocenters. The molecule has 1 aromatic heterocycles. The summed E-state index contributed by atoms with van der Waals surface area (Å²) in [5.74, 6) is 1.17. The van der Waals surface area contributed by atoms with Gasteiger partial charge in [0.2, 0.25) is 5.43 Å². The smallest absolute Gasteiger partial charge is 0.221 e. The molecule has 0 aliphatic rings. The van der Waals surface area contributed by atoms with Gasteiger partial charge >= 0.3 is 0 Å². The predicted molar refractivity (Wildman–Crippen MR) is 62.4 cm³/mol. The summed E-state index contributed by atoms with van der Waals surface area (Å²) < 4.78 is 1.57. The van der Waals surface area contributed by atoms with Crippen molar-refractivity contribution in [2.24, 2.45) is 13.0 Å². The van der Waals surface area contributed by atoms with Crippen LogP contribution >= 0.6 is 11.6 Å². The van der Waals surface area contributed by atoms with E-state index < -0.39 is 0 Å². The second-order valence-electron chi connectivity index (χ2n) is 3.99. The molecule has 0 fully saturated rings. The molecule has 0 aliphatic heterocycles. The third-order valence-corrected chi connectivity index (χ3v) is 2.69. The fourth-order valence-electron chi connectivity index (χ4n) is 1.05. The Bertz CT molecular complexity index is 400. The van der Waals surface area contributed by atoms with Crippen LogP contribution < -0.4 is 10.7 Å². The van der Waals surface area contributed by atoms with Gasteiger partial charge in [-0.05, 0) is 12.8 Å². The number of rotatable bonds is 3. The molecular formula is C10H16ClN3O. The molecule has 0 bridgehead atoms. The highest BCUT2D eigenvalue weighted by Gasteiger charge is 2.10. The molecule has 1 unspecified atom stereocenters. The SMILES string of the molecule is CC(C)C(C)Nc1cc(=O)c(Cl)nn1C. The van der Waals surface area contributed by atoms with Crippen LogP contribution in [0, 0.1) is 5.92 Å². The molecule has 5 heteroatoms. The Morgan fingerprint density at radius 1 is 1.47 bits per heavy atom. The summed E-state index contributed by atoms with van der Waals surface area (Å²) in [7, 11) is 1.75. The minimum Gasteiger partial charge on any atom is -0.368 e. The Balaban J connectivity index is 2.96. The average molecular weight is 230 g/mol. The first-order chi connectivity index (χ1) is 6.91. The summed E-state index contributed by atoms with van der Waals surface area (Å²) in [6, 6.07) is 1.74. The van der Waals surface area contributed by atoms with Crippen molar-refractivity contribution < 1.29 is 0 Å². The fourth-order valence-corrected chi connectivity index (χ4v) is 1.21. The molecule has 4 nitrogen and oxygen atoms in total. The van der Waals surface area contributed by atoms with Crippen LogP contribution in [0.5, 0.6) is 0 Å². The zero-order chi connectivity index (χ0) is 11.6. The summed E-state index contributed by atoms with van der Waals surface area (Å²) in [6.07, 6.45) is 0. The molecule has 0 spiro atoms. The van der Waals surface area contributed by atoms with Gasteiger partial charge in [-0.25, -0.2) is 0 Å². The molecule has 1 heterocycles. The monoisotopic (exact) mass is 229 g/mol. The number of aryl methyl sites for hydroxylation is 1. The van der Waals surface area contributed by atoms with E-state index >= 15 is 0 Å². The number of nitrogens with zero attached hydrogens (tertiary/aromatic N) is 2. The maximum atomic E-state index is 11.3. The first kappa shape index (κ1) is 12.0. The highest BCUT2D eigenvalue weighted by molar-refractivity contribution is 6.29. The van der Waals surface area contributed by atoms with E-state index in [-0.39, 0.29) is 16.6 Å². The lowest BCUT2D eigenvalue weighted by Crippen LogP contribution is -2.25. The number of nitrogens with one attached hydrogen (secondary N) is 1. The van der Waals surface area contributed by atoms with E-state index in [1.165, 1.54) is 6.07 Å². The maximum Gasteiger partial charge on any atom is 0.221 e. The predicted octanol–water partition coefficient (Wildman–Crippen LogP) is 1.89. The molecule has 0 saturated heterocycles. The van der Waals surface area contributed by atoms with Crippen molar-refractivity contribution in [3.63, 3.8) is 0 Å². The standard InChI is InChI=1S/C10H16ClN3O/c1-6(2)7(3)12-9-5-8(15)10(11)13-14(9)4/h5-7,12H,1-4H3. The average Bonchev–Trinajstić information content (AvgIpc) is 2.13. The Kier molecular flexibility index (Phi) is 3.74. The van der Waals surface area contributed by atoms with E-state index in [9.17, 15) is 4.79 Å². The molecule has 0 aliphatic carbocycles. The van der Waals surface area contributed by atoms with Crippen molar-refractivity contribution in [3.05, 3.63) is 21.4 Å². The summed E-state index contributed by atoms with van der Waals surface area (Å²) in [4.78, 5) is 11.3. The molecule has 15 heavy (non-hydrogen) atoms. The molecule has 1 aromatic rings. The third-order valence-electron chi connectivity index (χ3n) is 2.43. The van der Waals surface area contributed by atoms with Gasteiger partial charge in [0.25, 0.3) is 0 Å². The first-order valence-electron chi connectivity index (χ1n) is 4.92. The van der Waals surface area contributed by atoms with Gasteiger partial charge in [-0.1, -0.05) is 25.4 Å². The summed E-state index contributed by atoms with van der Waals surface area (Å²) >= 11 is 5.61. The van der Waals surface area contributed by atoms with Gasteiger partial charge < -0.3 is 5.32 Å². The van der Waals surface area contributed by atoms with Crippen LogP contribution in [0.15, 0.2) is 10.9 Å². The van der Waals surface area contributed by atoms with Crippen LogP contribution in [0.25, 0.3) is 0 Å². The molecular weight excluding hydrogens is 214 g/mol. The fraction of sp³-hybridized carbons (Fsp3) is 0.600. The number of aromatic nitrogens is 2. The van der Waals surface area contributed by atoms with Crippen molar-refractivity contribution in [3.8, 4) is 0 Å². The molecule has 1 N–H and O–H groups in total.